The number of anilines is 1. The zero-order valence-corrected chi connectivity index (χ0v) is 13.4. The summed E-state index contributed by atoms with van der Waals surface area (Å²) in [6, 6.07) is 5.94. The van der Waals surface area contributed by atoms with Crippen molar-refractivity contribution in [2.75, 3.05) is 5.32 Å². The van der Waals surface area contributed by atoms with Crippen molar-refractivity contribution >= 4 is 17.6 Å². The van der Waals surface area contributed by atoms with Gasteiger partial charge in [0.25, 0.3) is 5.91 Å². The summed E-state index contributed by atoms with van der Waals surface area (Å²) in [6.07, 6.45) is 1.97. The van der Waals surface area contributed by atoms with Gasteiger partial charge in [0.05, 0.1) is 17.4 Å². The molecule has 3 rings (SSSR count). The summed E-state index contributed by atoms with van der Waals surface area (Å²) in [5, 5.41) is 15.6. The molecule has 0 bridgehead atoms. The molecule has 24 heavy (non-hydrogen) atoms. The largest absolute Gasteiger partial charge is 0.489 e. The van der Waals surface area contributed by atoms with Gasteiger partial charge in [0.2, 0.25) is 0 Å². The minimum absolute atomic E-state index is 0.0558. The molecule has 7 nitrogen and oxygen atoms in total. The number of nitrogens with one attached hydrogen (secondary N) is 1. The van der Waals surface area contributed by atoms with Crippen LogP contribution in [-0.4, -0.2) is 28.2 Å². The number of hydrogen-bond donors (Lipinski definition) is 2. The molecule has 2 aromatic rings. The molecule has 2 N–H and O–H groups in total. The van der Waals surface area contributed by atoms with Crippen molar-refractivity contribution in [3.8, 4) is 5.75 Å². The Bertz CT molecular complexity index is 777. The monoisotopic (exact) mass is 330 g/mol. The van der Waals surface area contributed by atoms with Crippen LogP contribution in [0.4, 0.5) is 5.69 Å². The number of carbonyl (C=O) groups excluding carboxylic acids is 1. The van der Waals surface area contributed by atoms with Crippen molar-refractivity contribution in [2.45, 2.75) is 38.7 Å². The van der Waals surface area contributed by atoms with Crippen molar-refractivity contribution in [1.29, 1.82) is 0 Å². The van der Waals surface area contributed by atoms with Crippen molar-refractivity contribution in [3.05, 3.63) is 41.3 Å². The molecule has 0 spiro atoms. The second kappa shape index (κ2) is 6.35. The summed E-state index contributed by atoms with van der Waals surface area (Å²) in [5.74, 6) is -0.0950. The van der Waals surface area contributed by atoms with Crippen LogP contribution in [-0.2, 0) is 0 Å². The molecular weight excluding hydrogens is 312 g/mol. The van der Waals surface area contributed by atoms with Gasteiger partial charge in [0.1, 0.15) is 11.5 Å². The van der Waals surface area contributed by atoms with E-state index < -0.39 is 11.9 Å². The van der Waals surface area contributed by atoms with Crippen molar-refractivity contribution in [3.63, 3.8) is 0 Å². The first kappa shape index (κ1) is 16.0. The lowest BCUT2D eigenvalue weighted by atomic mass is 10.1. The second-order valence-corrected chi connectivity index (χ2v) is 6.03. The normalized spacial score (nSPS) is 13.8. The van der Waals surface area contributed by atoms with Gasteiger partial charge < -0.3 is 19.7 Å². The van der Waals surface area contributed by atoms with Gasteiger partial charge in [-0.1, -0.05) is 5.16 Å². The maximum atomic E-state index is 12.4. The number of amides is 1. The lowest BCUT2D eigenvalue weighted by molar-refractivity contribution is 0.0696. The summed E-state index contributed by atoms with van der Waals surface area (Å²) >= 11 is 0. The number of carboxylic acids is 1. The molecule has 0 aliphatic heterocycles. The molecule has 1 saturated carbocycles. The van der Waals surface area contributed by atoms with E-state index in [0.29, 0.717) is 17.4 Å². The Labute approximate surface area is 138 Å². The average molecular weight is 330 g/mol. The third-order valence-electron chi connectivity index (χ3n) is 3.58. The minimum Gasteiger partial charge on any atom is -0.489 e. The van der Waals surface area contributed by atoms with Crippen LogP contribution in [0.1, 0.15) is 59.2 Å². The van der Waals surface area contributed by atoms with E-state index in [1.54, 1.807) is 6.07 Å². The molecule has 1 amide bonds. The molecule has 1 fully saturated rings. The fourth-order valence-corrected chi connectivity index (χ4v) is 2.26. The highest BCUT2D eigenvalue weighted by Gasteiger charge is 2.29. The summed E-state index contributed by atoms with van der Waals surface area (Å²) in [4.78, 5) is 23.5. The van der Waals surface area contributed by atoms with Gasteiger partial charge in [0.15, 0.2) is 5.69 Å². The number of aromatic nitrogens is 1. The van der Waals surface area contributed by atoms with E-state index in [0.717, 1.165) is 12.8 Å². The van der Waals surface area contributed by atoms with E-state index in [2.05, 4.69) is 10.5 Å². The number of nitrogens with zero attached hydrogens (tertiary/aromatic N) is 1. The average Bonchev–Trinajstić information content (AvgIpc) is 3.25. The van der Waals surface area contributed by atoms with Crippen LogP contribution in [0, 0.1) is 0 Å². The van der Waals surface area contributed by atoms with E-state index in [-0.39, 0.29) is 23.0 Å². The first-order chi connectivity index (χ1) is 11.4. The highest BCUT2D eigenvalue weighted by Crippen LogP contribution is 2.40. The van der Waals surface area contributed by atoms with E-state index in [1.165, 1.54) is 18.2 Å². The zero-order chi connectivity index (χ0) is 17.3. The Kier molecular flexibility index (Phi) is 4.24. The van der Waals surface area contributed by atoms with Crippen LogP contribution >= 0.6 is 0 Å². The van der Waals surface area contributed by atoms with Gasteiger partial charge in [-0.25, -0.2) is 4.79 Å². The molecule has 0 atom stereocenters. The Morgan fingerprint density at radius 3 is 2.71 bits per heavy atom. The first-order valence-corrected chi connectivity index (χ1v) is 7.76. The molecule has 7 heteroatoms. The first-order valence-electron chi connectivity index (χ1n) is 7.76. The van der Waals surface area contributed by atoms with Gasteiger partial charge in [-0.15, -0.1) is 0 Å². The van der Waals surface area contributed by atoms with Crippen molar-refractivity contribution < 1.29 is 24.0 Å². The summed E-state index contributed by atoms with van der Waals surface area (Å²) in [7, 11) is 0. The highest BCUT2D eigenvalue weighted by molar-refractivity contribution is 6.04. The second-order valence-electron chi connectivity index (χ2n) is 6.03. The number of aromatic carboxylic acids is 1. The summed E-state index contributed by atoms with van der Waals surface area (Å²) in [5.41, 5.74) is 0.498. The molecule has 0 radical (unpaired) electrons. The van der Waals surface area contributed by atoms with Gasteiger partial charge in [-0.05, 0) is 44.9 Å². The predicted molar refractivity (Wildman–Crippen MR) is 85.6 cm³/mol. The van der Waals surface area contributed by atoms with Crippen LogP contribution in [0.25, 0.3) is 0 Å². The van der Waals surface area contributed by atoms with E-state index in [9.17, 15) is 9.59 Å². The summed E-state index contributed by atoms with van der Waals surface area (Å²) < 4.78 is 10.8. The van der Waals surface area contributed by atoms with Gasteiger partial charge >= 0.3 is 5.97 Å². The summed E-state index contributed by atoms with van der Waals surface area (Å²) in [6.45, 7) is 3.69. The maximum absolute atomic E-state index is 12.4. The molecule has 0 unspecified atom stereocenters. The van der Waals surface area contributed by atoms with Crippen LogP contribution in [0.3, 0.4) is 0 Å². The lowest BCUT2D eigenvalue weighted by Gasteiger charge is -2.15. The predicted octanol–water partition coefficient (Wildman–Crippen LogP) is 3.29. The molecular formula is C17H18N2O5. The topological polar surface area (TPSA) is 102 Å². The minimum atomic E-state index is -1.08. The zero-order valence-electron chi connectivity index (χ0n) is 13.4. The maximum Gasteiger partial charge on any atom is 0.335 e. The standard InChI is InChI=1S/C17H18N2O5/c1-9(2)23-14-6-5-11(17(21)22)7-12(14)18-16(20)13-8-15(24-19-13)10-3-4-10/h5-10H,3-4H2,1-2H3,(H,18,20)(H,21,22). The Morgan fingerprint density at radius 1 is 1.33 bits per heavy atom. The molecule has 0 saturated heterocycles. The third kappa shape index (κ3) is 3.56. The Balaban J connectivity index is 1.83. The van der Waals surface area contributed by atoms with E-state index in [1.807, 2.05) is 13.8 Å². The number of carboxylic acid groups (broad SMARTS) is 1. The molecule has 1 aliphatic rings. The molecule has 1 heterocycles. The number of carbonyl (C=O) groups is 2. The molecule has 1 aliphatic carbocycles. The van der Waals surface area contributed by atoms with Gasteiger partial charge in [-0.3, -0.25) is 4.79 Å². The lowest BCUT2D eigenvalue weighted by Crippen LogP contribution is -2.15. The fraction of sp³-hybridized carbons (Fsp3) is 0.353. The number of benzene rings is 1. The van der Waals surface area contributed by atoms with Crippen molar-refractivity contribution in [1.82, 2.24) is 5.16 Å². The number of rotatable bonds is 6. The van der Waals surface area contributed by atoms with Gasteiger partial charge in [0, 0.05) is 12.0 Å². The van der Waals surface area contributed by atoms with Crippen molar-refractivity contribution in [2.24, 2.45) is 0 Å². The third-order valence-corrected chi connectivity index (χ3v) is 3.58. The molecule has 1 aromatic carbocycles. The molecule has 1 aromatic heterocycles. The van der Waals surface area contributed by atoms with Crippen LogP contribution < -0.4 is 10.1 Å². The van der Waals surface area contributed by atoms with E-state index >= 15 is 0 Å². The quantitative estimate of drug-likeness (QED) is 0.842. The number of ether oxygens (including phenoxy) is 1. The Hall–Kier alpha value is -2.83. The van der Waals surface area contributed by atoms with Crippen LogP contribution in [0.15, 0.2) is 28.8 Å². The van der Waals surface area contributed by atoms with Crippen LogP contribution in [0.2, 0.25) is 0 Å². The fourth-order valence-electron chi connectivity index (χ4n) is 2.26. The number of hydrogen-bond acceptors (Lipinski definition) is 5. The highest BCUT2D eigenvalue weighted by atomic mass is 16.5. The van der Waals surface area contributed by atoms with Gasteiger partial charge in [-0.2, -0.15) is 0 Å². The Morgan fingerprint density at radius 2 is 2.08 bits per heavy atom. The van der Waals surface area contributed by atoms with E-state index in [4.69, 9.17) is 14.4 Å². The molecule has 126 valence electrons. The SMILES string of the molecule is CC(C)Oc1ccc(C(=O)O)cc1NC(=O)c1cc(C2CC2)on1. The van der Waals surface area contributed by atoms with Crippen LogP contribution in [0.5, 0.6) is 5.75 Å². The smallest absolute Gasteiger partial charge is 0.335 e.